The van der Waals surface area contributed by atoms with Gasteiger partial charge in [-0.1, -0.05) is 6.92 Å². The SMILES string of the molecule is CCC(=O)c1cc(C)ncc1C. The highest BCUT2D eigenvalue weighted by molar-refractivity contribution is 5.97. The van der Waals surface area contributed by atoms with Crippen molar-refractivity contribution in [2.24, 2.45) is 0 Å². The molecule has 0 N–H and O–H groups in total. The van der Waals surface area contributed by atoms with Crippen molar-refractivity contribution in [3.63, 3.8) is 0 Å². The normalized spacial score (nSPS) is 9.92. The number of Topliss-reactive ketones (excluding diaryl/α,β-unsaturated/α-hetero) is 1. The summed E-state index contributed by atoms with van der Waals surface area (Å²) in [5, 5.41) is 0. The maximum Gasteiger partial charge on any atom is 0.162 e. The molecule has 0 aromatic carbocycles. The molecule has 1 heterocycles. The van der Waals surface area contributed by atoms with Gasteiger partial charge in [0.25, 0.3) is 0 Å². The lowest BCUT2D eigenvalue weighted by atomic mass is 10.0. The minimum atomic E-state index is 0.193. The molecule has 0 aliphatic heterocycles. The summed E-state index contributed by atoms with van der Waals surface area (Å²) < 4.78 is 0. The van der Waals surface area contributed by atoms with E-state index in [-0.39, 0.29) is 5.78 Å². The minimum Gasteiger partial charge on any atom is -0.294 e. The quantitative estimate of drug-likeness (QED) is 0.626. The van der Waals surface area contributed by atoms with Gasteiger partial charge in [0.05, 0.1) is 0 Å². The van der Waals surface area contributed by atoms with Gasteiger partial charge in [-0.2, -0.15) is 0 Å². The van der Waals surface area contributed by atoms with E-state index >= 15 is 0 Å². The van der Waals surface area contributed by atoms with E-state index < -0.39 is 0 Å². The first-order valence-electron chi connectivity index (χ1n) is 4.11. The molecule has 0 aliphatic carbocycles. The first-order valence-corrected chi connectivity index (χ1v) is 4.11. The summed E-state index contributed by atoms with van der Waals surface area (Å²) in [7, 11) is 0. The molecule has 1 aromatic heterocycles. The summed E-state index contributed by atoms with van der Waals surface area (Å²) in [5.41, 5.74) is 2.68. The van der Waals surface area contributed by atoms with Gasteiger partial charge in [0.15, 0.2) is 5.78 Å². The average Bonchev–Trinajstić information content (AvgIpc) is 2.08. The largest absolute Gasteiger partial charge is 0.294 e. The third-order valence-electron chi connectivity index (χ3n) is 1.86. The monoisotopic (exact) mass is 163 g/mol. The van der Waals surface area contributed by atoms with E-state index in [2.05, 4.69) is 4.98 Å². The zero-order valence-corrected chi connectivity index (χ0v) is 7.72. The van der Waals surface area contributed by atoms with Gasteiger partial charge in [-0.05, 0) is 25.5 Å². The van der Waals surface area contributed by atoms with Gasteiger partial charge >= 0.3 is 0 Å². The summed E-state index contributed by atoms with van der Waals surface area (Å²) in [6, 6.07) is 1.85. The van der Waals surface area contributed by atoms with Gasteiger partial charge in [0.2, 0.25) is 0 Å². The molecular weight excluding hydrogens is 150 g/mol. The molecule has 12 heavy (non-hydrogen) atoms. The molecule has 2 heteroatoms. The molecule has 64 valence electrons. The highest BCUT2D eigenvalue weighted by Crippen LogP contribution is 2.10. The van der Waals surface area contributed by atoms with Crippen LogP contribution in [0.4, 0.5) is 0 Å². The van der Waals surface area contributed by atoms with Crippen LogP contribution in [0.2, 0.25) is 0 Å². The van der Waals surface area contributed by atoms with E-state index in [1.807, 2.05) is 26.8 Å². The van der Waals surface area contributed by atoms with Crippen molar-refractivity contribution < 1.29 is 4.79 Å². The van der Waals surface area contributed by atoms with E-state index in [9.17, 15) is 4.79 Å². The van der Waals surface area contributed by atoms with Crippen molar-refractivity contribution in [3.8, 4) is 0 Å². The number of aromatic nitrogens is 1. The van der Waals surface area contributed by atoms with Gasteiger partial charge < -0.3 is 0 Å². The maximum absolute atomic E-state index is 11.4. The number of ketones is 1. The Bertz CT molecular complexity index is 305. The lowest BCUT2D eigenvalue weighted by Gasteiger charge is -2.02. The zero-order valence-electron chi connectivity index (χ0n) is 7.72. The van der Waals surface area contributed by atoms with Crippen LogP contribution in [0.15, 0.2) is 12.3 Å². The van der Waals surface area contributed by atoms with Gasteiger partial charge in [0, 0.05) is 23.9 Å². The molecule has 0 atom stereocenters. The van der Waals surface area contributed by atoms with Gasteiger partial charge in [-0.15, -0.1) is 0 Å². The van der Waals surface area contributed by atoms with Crippen LogP contribution in [0.1, 0.15) is 35.0 Å². The molecule has 0 amide bonds. The second kappa shape index (κ2) is 3.48. The number of pyridine rings is 1. The molecule has 1 rings (SSSR count). The van der Waals surface area contributed by atoms with Crippen LogP contribution in [0.25, 0.3) is 0 Å². The fourth-order valence-electron chi connectivity index (χ4n) is 1.12. The van der Waals surface area contributed by atoms with Crippen molar-refractivity contribution in [1.82, 2.24) is 4.98 Å². The van der Waals surface area contributed by atoms with Crippen LogP contribution in [0.3, 0.4) is 0 Å². The maximum atomic E-state index is 11.4. The third kappa shape index (κ3) is 1.70. The predicted molar refractivity (Wildman–Crippen MR) is 48.3 cm³/mol. The minimum absolute atomic E-state index is 0.193. The van der Waals surface area contributed by atoms with Gasteiger partial charge in [0.1, 0.15) is 0 Å². The number of aryl methyl sites for hydroxylation is 2. The molecule has 0 bridgehead atoms. The molecule has 0 unspecified atom stereocenters. The Hall–Kier alpha value is -1.18. The highest BCUT2D eigenvalue weighted by Gasteiger charge is 2.06. The Morgan fingerprint density at radius 1 is 1.50 bits per heavy atom. The number of hydrogen-bond acceptors (Lipinski definition) is 2. The zero-order chi connectivity index (χ0) is 9.14. The molecule has 0 fully saturated rings. The van der Waals surface area contributed by atoms with Crippen molar-refractivity contribution in [1.29, 1.82) is 0 Å². The number of carbonyl (C=O) groups excluding carboxylic acids is 1. The molecule has 0 radical (unpaired) electrons. The first-order chi connectivity index (χ1) is 5.65. The van der Waals surface area contributed by atoms with E-state index in [4.69, 9.17) is 0 Å². The number of nitrogens with zero attached hydrogens (tertiary/aromatic N) is 1. The second-order valence-electron chi connectivity index (χ2n) is 2.92. The summed E-state index contributed by atoms with van der Waals surface area (Å²) >= 11 is 0. The van der Waals surface area contributed by atoms with Crippen LogP contribution < -0.4 is 0 Å². The van der Waals surface area contributed by atoms with E-state index in [1.165, 1.54) is 0 Å². The number of hydrogen-bond donors (Lipinski definition) is 0. The van der Waals surface area contributed by atoms with E-state index in [0.717, 1.165) is 16.8 Å². The Morgan fingerprint density at radius 2 is 2.17 bits per heavy atom. The Balaban J connectivity index is 3.13. The smallest absolute Gasteiger partial charge is 0.162 e. The van der Waals surface area contributed by atoms with Crippen LogP contribution in [0.5, 0.6) is 0 Å². The summed E-state index contributed by atoms with van der Waals surface area (Å²) in [4.78, 5) is 15.5. The Labute approximate surface area is 72.6 Å². The average molecular weight is 163 g/mol. The summed E-state index contributed by atoms with van der Waals surface area (Å²) in [6.07, 6.45) is 2.31. The molecule has 2 nitrogen and oxygen atoms in total. The first kappa shape index (κ1) is 8.91. The van der Waals surface area contributed by atoms with Crippen molar-refractivity contribution in [3.05, 3.63) is 29.1 Å². The highest BCUT2D eigenvalue weighted by atomic mass is 16.1. The topological polar surface area (TPSA) is 30.0 Å². The molecule has 0 saturated carbocycles. The molecule has 0 aliphatic rings. The van der Waals surface area contributed by atoms with Gasteiger partial charge in [-0.3, -0.25) is 9.78 Å². The molecular formula is C10H13NO. The van der Waals surface area contributed by atoms with Crippen LogP contribution >= 0.6 is 0 Å². The van der Waals surface area contributed by atoms with Crippen molar-refractivity contribution in [2.45, 2.75) is 27.2 Å². The summed E-state index contributed by atoms with van der Waals surface area (Å²) in [5.74, 6) is 0.193. The number of carbonyl (C=O) groups is 1. The van der Waals surface area contributed by atoms with Crippen molar-refractivity contribution in [2.75, 3.05) is 0 Å². The lowest BCUT2D eigenvalue weighted by molar-refractivity contribution is 0.0987. The van der Waals surface area contributed by atoms with Crippen LogP contribution in [-0.2, 0) is 0 Å². The Kier molecular flexibility index (Phi) is 2.58. The molecule has 0 saturated heterocycles. The standard InChI is InChI=1S/C10H13NO/c1-4-10(12)9-5-8(3)11-6-7(9)2/h5-6H,4H2,1-3H3. The molecule has 0 spiro atoms. The fourth-order valence-corrected chi connectivity index (χ4v) is 1.12. The predicted octanol–water partition coefficient (Wildman–Crippen LogP) is 2.29. The number of rotatable bonds is 2. The fraction of sp³-hybridized carbons (Fsp3) is 0.400. The molecule has 1 aromatic rings. The second-order valence-corrected chi connectivity index (χ2v) is 2.92. The van der Waals surface area contributed by atoms with E-state index in [0.29, 0.717) is 6.42 Å². The lowest BCUT2D eigenvalue weighted by Crippen LogP contribution is -2.01. The van der Waals surface area contributed by atoms with Crippen LogP contribution in [-0.4, -0.2) is 10.8 Å². The Morgan fingerprint density at radius 3 is 2.75 bits per heavy atom. The van der Waals surface area contributed by atoms with Crippen LogP contribution in [0, 0.1) is 13.8 Å². The van der Waals surface area contributed by atoms with E-state index in [1.54, 1.807) is 6.20 Å². The third-order valence-corrected chi connectivity index (χ3v) is 1.86. The van der Waals surface area contributed by atoms with Gasteiger partial charge in [-0.25, -0.2) is 0 Å². The van der Waals surface area contributed by atoms with Crippen molar-refractivity contribution >= 4 is 5.78 Å². The summed E-state index contributed by atoms with van der Waals surface area (Å²) in [6.45, 7) is 5.68.